The zero-order valence-electron chi connectivity index (χ0n) is 11.7. The summed E-state index contributed by atoms with van der Waals surface area (Å²) in [5, 5.41) is 2.73. The van der Waals surface area contributed by atoms with Gasteiger partial charge in [-0.2, -0.15) is 0 Å². The Bertz CT molecular complexity index is 578. The Balaban J connectivity index is 1.71. The summed E-state index contributed by atoms with van der Waals surface area (Å²) in [5.41, 5.74) is 1.14. The van der Waals surface area contributed by atoms with Crippen molar-refractivity contribution in [2.75, 3.05) is 13.2 Å². The summed E-state index contributed by atoms with van der Waals surface area (Å²) < 4.78 is 9.72. The summed E-state index contributed by atoms with van der Waals surface area (Å²) in [4.78, 5) is 23.1. The Labute approximate surface area is 122 Å². The molecule has 0 bridgehead atoms. The van der Waals surface area contributed by atoms with Crippen molar-refractivity contribution < 1.29 is 18.7 Å². The second-order valence-electron chi connectivity index (χ2n) is 4.67. The van der Waals surface area contributed by atoms with Crippen molar-refractivity contribution in [2.24, 2.45) is 0 Å². The van der Waals surface area contributed by atoms with Gasteiger partial charge in [0.25, 0.3) is 5.91 Å². The number of hydrogen-bond donors (Lipinski definition) is 1. The number of esters is 1. The molecule has 1 aromatic heterocycles. The molecular weight excluding hydrogens is 270 g/mol. The highest BCUT2D eigenvalue weighted by Crippen LogP contribution is 2.12. The highest BCUT2D eigenvalue weighted by atomic mass is 16.5. The minimum atomic E-state index is -0.647. The lowest BCUT2D eigenvalue weighted by molar-refractivity contribution is -0.124. The SMILES string of the molecule is C[C@H](CNC(=O)COC(=O)c1ccco1)c1ccccc1. The van der Waals surface area contributed by atoms with Gasteiger partial charge in [0.05, 0.1) is 6.26 Å². The maximum atomic E-state index is 11.6. The van der Waals surface area contributed by atoms with Crippen LogP contribution >= 0.6 is 0 Å². The van der Waals surface area contributed by atoms with E-state index in [0.29, 0.717) is 6.54 Å². The minimum Gasteiger partial charge on any atom is -0.457 e. The van der Waals surface area contributed by atoms with Crippen LogP contribution in [0.25, 0.3) is 0 Å². The van der Waals surface area contributed by atoms with Crippen molar-refractivity contribution in [3.05, 3.63) is 60.1 Å². The van der Waals surface area contributed by atoms with Gasteiger partial charge in [-0.3, -0.25) is 4.79 Å². The topological polar surface area (TPSA) is 68.5 Å². The molecule has 2 rings (SSSR count). The Kier molecular flexibility index (Phi) is 5.15. The lowest BCUT2D eigenvalue weighted by atomic mass is 10.0. The van der Waals surface area contributed by atoms with Crippen molar-refractivity contribution in [1.82, 2.24) is 5.32 Å². The molecule has 0 saturated heterocycles. The van der Waals surface area contributed by atoms with E-state index in [2.05, 4.69) is 5.32 Å². The molecule has 0 saturated carbocycles. The Morgan fingerprint density at radius 3 is 2.62 bits per heavy atom. The van der Waals surface area contributed by atoms with E-state index in [9.17, 15) is 9.59 Å². The van der Waals surface area contributed by atoms with Gasteiger partial charge in [-0.1, -0.05) is 37.3 Å². The molecule has 0 aliphatic carbocycles. The van der Waals surface area contributed by atoms with Crippen LogP contribution in [0.5, 0.6) is 0 Å². The first kappa shape index (κ1) is 14.8. The number of carbonyl (C=O) groups excluding carboxylic acids is 2. The predicted molar refractivity (Wildman–Crippen MR) is 76.9 cm³/mol. The van der Waals surface area contributed by atoms with Gasteiger partial charge in [-0.25, -0.2) is 4.79 Å². The maximum Gasteiger partial charge on any atom is 0.374 e. The first-order chi connectivity index (χ1) is 10.2. The lowest BCUT2D eigenvalue weighted by Crippen LogP contribution is -2.31. The fourth-order valence-corrected chi connectivity index (χ4v) is 1.81. The standard InChI is InChI=1S/C16H17NO4/c1-12(13-6-3-2-4-7-13)10-17-15(18)11-21-16(19)14-8-5-9-20-14/h2-9,12H,10-11H2,1H3,(H,17,18)/t12-/m1/s1. The van der Waals surface area contributed by atoms with Crippen LogP contribution in [0.2, 0.25) is 0 Å². The normalized spacial score (nSPS) is 11.7. The van der Waals surface area contributed by atoms with Gasteiger partial charge in [-0.15, -0.1) is 0 Å². The Morgan fingerprint density at radius 1 is 1.19 bits per heavy atom. The molecule has 5 heteroatoms. The van der Waals surface area contributed by atoms with Crippen molar-refractivity contribution >= 4 is 11.9 Å². The molecule has 2 aromatic rings. The Morgan fingerprint density at radius 2 is 1.95 bits per heavy atom. The smallest absolute Gasteiger partial charge is 0.374 e. The summed E-state index contributed by atoms with van der Waals surface area (Å²) in [6, 6.07) is 12.9. The molecule has 1 heterocycles. The second-order valence-corrected chi connectivity index (χ2v) is 4.67. The van der Waals surface area contributed by atoms with Crippen LogP contribution < -0.4 is 5.32 Å². The third-order valence-corrected chi connectivity index (χ3v) is 3.03. The van der Waals surface area contributed by atoms with Gasteiger partial charge in [0, 0.05) is 6.54 Å². The predicted octanol–water partition coefficient (Wildman–Crippen LogP) is 2.36. The van der Waals surface area contributed by atoms with E-state index in [4.69, 9.17) is 9.15 Å². The van der Waals surface area contributed by atoms with E-state index in [0.717, 1.165) is 5.56 Å². The van der Waals surface area contributed by atoms with Gasteiger partial charge in [0.15, 0.2) is 6.61 Å². The lowest BCUT2D eigenvalue weighted by Gasteiger charge is -2.12. The molecule has 0 aliphatic rings. The number of benzene rings is 1. The van der Waals surface area contributed by atoms with Crippen molar-refractivity contribution in [2.45, 2.75) is 12.8 Å². The van der Waals surface area contributed by atoms with E-state index in [1.54, 1.807) is 6.07 Å². The average molecular weight is 287 g/mol. The number of carbonyl (C=O) groups is 2. The molecule has 0 fully saturated rings. The monoisotopic (exact) mass is 287 g/mol. The fraction of sp³-hybridized carbons (Fsp3) is 0.250. The van der Waals surface area contributed by atoms with E-state index in [-0.39, 0.29) is 24.2 Å². The largest absolute Gasteiger partial charge is 0.457 e. The molecule has 0 aliphatic heterocycles. The molecule has 1 amide bonds. The van der Waals surface area contributed by atoms with E-state index < -0.39 is 5.97 Å². The molecule has 1 aromatic carbocycles. The molecule has 0 unspecified atom stereocenters. The molecule has 1 N–H and O–H groups in total. The van der Waals surface area contributed by atoms with E-state index in [1.807, 2.05) is 37.3 Å². The van der Waals surface area contributed by atoms with Crippen molar-refractivity contribution in [3.63, 3.8) is 0 Å². The number of nitrogens with one attached hydrogen (secondary N) is 1. The summed E-state index contributed by atoms with van der Waals surface area (Å²) in [6.45, 7) is 2.19. The molecule has 110 valence electrons. The van der Waals surface area contributed by atoms with Gasteiger partial charge in [0.1, 0.15) is 0 Å². The van der Waals surface area contributed by atoms with Crippen LogP contribution in [0, 0.1) is 0 Å². The fourth-order valence-electron chi connectivity index (χ4n) is 1.81. The number of ether oxygens (including phenoxy) is 1. The van der Waals surface area contributed by atoms with Gasteiger partial charge >= 0.3 is 5.97 Å². The second kappa shape index (κ2) is 7.28. The highest BCUT2D eigenvalue weighted by molar-refractivity contribution is 5.88. The summed E-state index contributed by atoms with van der Waals surface area (Å²) >= 11 is 0. The highest BCUT2D eigenvalue weighted by Gasteiger charge is 2.13. The van der Waals surface area contributed by atoms with Crippen LogP contribution in [-0.2, 0) is 9.53 Å². The molecule has 1 atom stereocenters. The van der Waals surface area contributed by atoms with E-state index >= 15 is 0 Å². The maximum absolute atomic E-state index is 11.6. The molecular formula is C16H17NO4. The van der Waals surface area contributed by atoms with Crippen LogP contribution in [-0.4, -0.2) is 25.0 Å². The number of amides is 1. The number of furan rings is 1. The van der Waals surface area contributed by atoms with Gasteiger partial charge in [-0.05, 0) is 23.6 Å². The zero-order chi connectivity index (χ0) is 15.1. The van der Waals surface area contributed by atoms with Crippen LogP contribution in [0.1, 0.15) is 29.0 Å². The third-order valence-electron chi connectivity index (χ3n) is 3.03. The molecule has 5 nitrogen and oxygen atoms in total. The molecule has 21 heavy (non-hydrogen) atoms. The third kappa shape index (κ3) is 4.49. The summed E-state index contributed by atoms with van der Waals surface area (Å²) in [5.74, 6) is -0.708. The number of rotatable bonds is 6. The minimum absolute atomic E-state index is 0.0838. The van der Waals surface area contributed by atoms with Gasteiger partial charge in [0.2, 0.25) is 5.76 Å². The average Bonchev–Trinajstić information content (AvgIpc) is 3.05. The van der Waals surface area contributed by atoms with Crippen LogP contribution in [0.3, 0.4) is 0 Å². The number of hydrogen-bond acceptors (Lipinski definition) is 4. The summed E-state index contributed by atoms with van der Waals surface area (Å²) in [7, 11) is 0. The zero-order valence-corrected chi connectivity index (χ0v) is 11.7. The Hall–Kier alpha value is -2.56. The van der Waals surface area contributed by atoms with Crippen molar-refractivity contribution in [3.8, 4) is 0 Å². The first-order valence-corrected chi connectivity index (χ1v) is 6.69. The first-order valence-electron chi connectivity index (χ1n) is 6.69. The summed E-state index contributed by atoms with van der Waals surface area (Å²) in [6.07, 6.45) is 1.37. The van der Waals surface area contributed by atoms with Gasteiger partial charge < -0.3 is 14.5 Å². The molecule has 0 radical (unpaired) electrons. The van der Waals surface area contributed by atoms with Crippen LogP contribution in [0.4, 0.5) is 0 Å². The van der Waals surface area contributed by atoms with Crippen LogP contribution in [0.15, 0.2) is 53.1 Å². The molecule has 0 spiro atoms. The van der Waals surface area contributed by atoms with E-state index in [1.165, 1.54) is 12.3 Å². The van der Waals surface area contributed by atoms with Crippen molar-refractivity contribution in [1.29, 1.82) is 0 Å². The quantitative estimate of drug-likeness (QED) is 0.828.